The molecule has 2 aliphatic rings. The van der Waals surface area contributed by atoms with Crippen LogP contribution in [-0.2, 0) is 0 Å². The summed E-state index contributed by atoms with van der Waals surface area (Å²) in [6, 6.07) is 7.36. The molecule has 0 amide bonds. The van der Waals surface area contributed by atoms with Crippen LogP contribution in [-0.4, -0.2) is 30.3 Å². The lowest BCUT2D eigenvalue weighted by Crippen LogP contribution is -2.39. The van der Waals surface area contributed by atoms with Gasteiger partial charge in [0.05, 0.1) is 0 Å². The van der Waals surface area contributed by atoms with Gasteiger partial charge in [0.1, 0.15) is 0 Å². The molecule has 1 saturated carbocycles. The molecule has 1 aliphatic heterocycles. The molecule has 3 rings (SSSR count). The van der Waals surface area contributed by atoms with Gasteiger partial charge in [-0.25, -0.2) is 0 Å². The quantitative estimate of drug-likeness (QED) is 0.783. The van der Waals surface area contributed by atoms with Gasteiger partial charge in [0, 0.05) is 29.6 Å². The molecule has 102 valence electrons. The molecular weight excluding hydrogens is 258 g/mol. The standard InChI is InChI=1S/C16H20ClNO/c17-15-5-1-3-13(9-15)16(19)14-4-2-8-18(11-14)10-12-6-7-12/h1,3,5,9,12,14H,2,4,6-8,10-11H2/t14-/m0/s1. The van der Waals surface area contributed by atoms with Crippen LogP contribution in [0.2, 0.25) is 5.02 Å². The van der Waals surface area contributed by atoms with Gasteiger partial charge in [-0.15, -0.1) is 0 Å². The number of piperidine rings is 1. The number of likely N-dealkylation sites (tertiary alicyclic amines) is 1. The van der Waals surface area contributed by atoms with Crippen LogP contribution in [0.1, 0.15) is 36.0 Å². The predicted octanol–water partition coefficient (Wildman–Crippen LogP) is 3.64. The first kappa shape index (κ1) is 13.1. The molecule has 0 radical (unpaired) electrons. The molecule has 3 heteroatoms. The number of Topliss-reactive ketones (excluding diaryl/α,β-unsaturated/α-hetero) is 1. The first-order valence-electron chi connectivity index (χ1n) is 7.24. The van der Waals surface area contributed by atoms with Gasteiger partial charge in [0.15, 0.2) is 5.78 Å². The summed E-state index contributed by atoms with van der Waals surface area (Å²) in [6.45, 7) is 3.29. The topological polar surface area (TPSA) is 20.3 Å². The highest BCUT2D eigenvalue weighted by molar-refractivity contribution is 6.31. The molecule has 1 saturated heterocycles. The van der Waals surface area contributed by atoms with Crippen LogP contribution in [0.15, 0.2) is 24.3 Å². The Morgan fingerprint density at radius 3 is 2.89 bits per heavy atom. The second-order valence-corrected chi connectivity index (χ2v) is 6.35. The van der Waals surface area contributed by atoms with E-state index in [0.29, 0.717) is 5.02 Å². The average molecular weight is 278 g/mol. The average Bonchev–Trinajstić information content (AvgIpc) is 3.22. The smallest absolute Gasteiger partial charge is 0.167 e. The third-order valence-electron chi connectivity index (χ3n) is 4.20. The second kappa shape index (κ2) is 5.64. The van der Waals surface area contributed by atoms with E-state index in [2.05, 4.69) is 4.90 Å². The first-order valence-corrected chi connectivity index (χ1v) is 7.62. The fourth-order valence-corrected chi connectivity index (χ4v) is 3.17. The van der Waals surface area contributed by atoms with Crippen LogP contribution < -0.4 is 0 Å². The maximum absolute atomic E-state index is 12.5. The van der Waals surface area contributed by atoms with Crippen molar-refractivity contribution in [1.82, 2.24) is 4.90 Å². The Morgan fingerprint density at radius 2 is 2.16 bits per heavy atom. The molecule has 0 unspecified atom stereocenters. The van der Waals surface area contributed by atoms with Gasteiger partial charge in [-0.2, -0.15) is 0 Å². The maximum Gasteiger partial charge on any atom is 0.167 e. The van der Waals surface area contributed by atoms with Crippen molar-refractivity contribution >= 4 is 17.4 Å². The Bertz CT molecular complexity index is 470. The molecule has 1 aromatic carbocycles. The van der Waals surface area contributed by atoms with E-state index < -0.39 is 0 Å². The molecule has 1 aromatic rings. The number of rotatable bonds is 4. The first-order chi connectivity index (χ1) is 9.22. The lowest BCUT2D eigenvalue weighted by atomic mass is 9.90. The summed E-state index contributed by atoms with van der Waals surface area (Å²) in [5, 5.41) is 0.650. The second-order valence-electron chi connectivity index (χ2n) is 5.92. The highest BCUT2D eigenvalue weighted by Crippen LogP contribution is 2.31. The Morgan fingerprint density at radius 1 is 1.32 bits per heavy atom. The third-order valence-corrected chi connectivity index (χ3v) is 4.43. The minimum Gasteiger partial charge on any atom is -0.302 e. The van der Waals surface area contributed by atoms with Crippen molar-refractivity contribution in [3.8, 4) is 0 Å². The van der Waals surface area contributed by atoms with Gasteiger partial charge in [-0.05, 0) is 50.3 Å². The van der Waals surface area contributed by atoms with E-state index in [9.17, 15) is 4.79 Å². The van der Waals surface area contributed by atoms with Crippen LogP contribution >= 0.6 is 11.6 Å². The summed E-state index contributed by atoms with van der Waals surface area (Å²) < 4.78 is 0. The molecule has 19 heavy (non-hydrogen) atoms. The van der Waals surface area contributed by atoms with Gasteiger partial charge in [-0.3, -0.25) is 4.79 Å². The Hall–Kier alpha value is -0.860. The fourth-order valence-electron chi connectivity index (χ4n) is 2.98. The van der Waals surface area contributed by atoms with Crippen LogP contribution in [0.25, 0.3) is 0 Å². The SMILES string of the molecule is O=C(c1cccc(Cl)c1)[C@H]1CCCN(CC2CC2)C1. The molecule has 0 aromatic heterocycles. The summed E-state index contributed by atoms with van der Waals surface area (Å²) in [7, 11) is 0. The zero-order chi connectivity index (χ0) is 13.2. The summed E-state index contributed by atoms with van der Waals surface area (Å²) in [6.07, 6.45) is 4.92. The summed E-state index contributed by atoms with van der Waals surface area (Å²) in [4.78, 5) is 15.0. The van der Waals surface area contributed by atoms with Crippen molar-refractivity contribution < 1.29 is 4.79 Å². The highest BCUT2D eigenvalue weighted by atomic mass is 35.5. The number of halogens is 1. The number of hydrogen-bond donors (Lipinski definition) is 0. The Labute approximate surface area is 119 Å². The highest BCUT2D eigenvalue weighted by Gasteiger charge is 2.30. The van der Waals surface area contributed by atoms with Crippen LogP contribution in [0.5, 0.6) is 0 Å². The monoisotopic (exact) mass is 277 g/mol. The van der Waals surface area contributed by atoms with E-state index in [1.54, 1.807) is 6.07 Å². The minimum absolute atomic E-state index is 0.158. The Balaban J connectivity index is 1.65. The zero-order valence-corrected chi connectivity index (χ0v) is 11.9. The normalized spacial score (nSPS) is 24.4. The molecule has 0 spiro atoms. The molecule has 0 N–H and O–H groups in total. The van der Waals surface area contributed by atoms with Gasteiger partial charge in [0.2, 0.25) is 0 Å². The molecule has 2 nitrogen and oxygen atoms in total. The maximum atomic E-state index is 12.5. The van der Waals surface area contributed by atoms with E-state index >= 15 is 0 Å². The van der Waals surface area contributed by atoms with Gasteiger partial charge < -0.3 is 4.90 Å². The zero-order valence-electron chi connectivity index (χ0n) is 11.1. The number of benzene rings is 1. The van der Waals surface area contributed by atoms with E-state index in [1.807, 2.05) is 18.2 Å². The summed E-state index contributed by atoms with van der Waals surface area (Å²) in [5.41, 5.74) is 0.769. The molecular formula is C16H20ClNO. The minimum atomic E-state index is 0.158. The molecule has 1 aliphatic carbocycles. The number of hydrogen-bond acceptors (Lipinski definition) is 2. The van der Waals surface area contributed by atoms with Crippen molar-refractivity contribution in [2.45, 2.75) is 25.7 Å². The predicted molar refractivity (Wildman–Crippen MR) is 77.7 cm³/mol. The lowest BCUT2D eigenvalue weighted by molar-refractivity contribution is 0.0814. The van der Waals surface area contributed by atoms with Crippen molar-refractivity contribution in [1.29, 1.82) is 0 Å². The van der Waals surface area contributed by atoms with Gasteiger partial charge in [-0.1, -0.05) is 23.7 Å². The van der Waals surface area contributed by atoms with Crippen LogP contribution in [0.4, 0.5) is 0 Å². The van der Waals surface area contributed by atoms with Crippen molar-refractivity contribution in [3.63, 3.8) is 0 Å². The van der Waals surface area contributed by atoms with Gasteiger partial charge in [0.25, 0.3) is 0 Å². The number of carbonyl (C=O) groups excluding carboxylic acids is 1. The van der Waals surface area contributed by atoms with E-state index in [1.165, 1.54) is 19.4 Å². The number of nitrogens with zero attached hydrogens (tertiary/aromatic N) is 1. The molecule has 2 fully saturated rings. The fraction of sp³-hybridized carbons (Fsp3) is 0.562. The van der Waals surface area contributed by atoms with E-state index in [-0.39, 0.29) is 11.7 Å². The van der Waals surface area contributed by atoms with E-state index in [0.717, 1.165) is 37.4 Å². The third kappa shape index (κ3) is 3.37. The van der Waals surface area contributed by atoms with E-state index in [4.69, 9.17) is 11.6 Å². The number of carbonyl (C=O) groups is 1. The summed E-state index contributed by atoms with van der Waals surface area (Å²) >= 11 is 5.97. The van der Waals surface area contributed by atoms with Crippen molar-refractivity contribution in [2.75, 3.05) is 19.6 Å². The Kier molecular flexibility index (Phi) is 3.90. The van der Waals surface area contributed by atoms with Crippen LogP contribution in [0, 0.1) is 11.8 Å². The van der Waals surface area contributed by atoms with Crippen molar-refractivity contribution in [3.05, 3.63) is 34.9 Å². The molecule has 0 bridgehead atoms. The van der Waals surface area contributed by atoms with Crippen molar-refractivity contribution in [2.24, 2.45) is 11.8 Å². The largest absolute Gasteiger partial charge is 0.302 e. The summed E-state index contributed by atoms with van der Waals surface area (Å²) in [5.74, 6) is 1.33. The lowest BCUT2D eigenvalue weighted by Gasteiger charge is -2.32. The van der Waals surface area contributed by atoms with Crippen LogP contribution in [0.3, 0.4) is 0 Å². The molecule has 1 heterocycles. The van der Waals surface area contributed by atoms with Gasteiger partial charge >= 0.3 is 0 Å². The number of ketones is 1. The molecule has 1 atom stereocenters.